The first kappa shape index (κ1) is 13.1. The summed E-state index contributed by atoms with van der Waals surface area (Å²) >= 11 is 0. The summed E-state index contributed by atoms with van der Waals surface area (Å²) in [6.07, 6.45) is 0. The van der Waals surface area contributed by atoms with E-state index in [0.717, 1.165) is 36.7 Å². The van der Waals surface area contributed by atoms with Gasteiger partial charge < -0.3 is 10.2 Å². The van der Waals surface area contributed by atoms with Gasteiger partial charge in [0.15, 0.2) is 5.82 Å². The molecule has 2 heterocycles. The molecule has 1 N–H and O–H groups in total. The summed E-state index contributed by atoms with van der Waals surface area (Å²) in [4.78, 5) is 2.31. The SMILES string of the molecule is Cc1ccc(-c2ccc(N3CCNCC3C)nn2)cc1. The average Bonchev–Trinajstić information content (AvgIpc) is 2.49. The standard InChI is InChI=1S/C16H20N4/c1-12-3-5-14(6-4-12)15-7-8-16(19-18-15)20-10-9-17-11-13(20)2/h3-8,13,17H,9-11H2,1-2H3. The molecule has 1 saturated heterocycles. The predicted octanol–water partition coefficient (Wildman–Crippen LogP) is 2.25. The fraction of sp³-hybridized carbons (Fsp3) is 0.375. The predicted molar refractivity (Wildman–Crippen MR) is 81.9 cm³/mol. The van der Waals surface area contributed by atoms with E-state index in [1.807, 2.05) is 0 Å². The fourth-order valence-electron chi connectivity index (χ4n) is 2.54. The maximum Gasteiger partial charge on any atom is 0.151 e. The molecular formula is C16H20N4. The lowest BCUT2D eigenvalue weighted by atomic mass is 10.1. The largest absolute Gasteiger partial charge is 0.350 e. The van der Waals surface area contributed by atoms with Crippen LogP contribution >= 0.6 is 0 Å². The van der Waals surface area contributed by atoms with Crippen LogP contribution in [0.4, 0.5) is 5.82 Å². The van der Waals surface area contributed by atoms with Crippen molar-refractivity contribution in [1.29, 1.82) is 0 Å². The Morgan fingerprint density at radius 2 is 1.90 bits per heavy atom. The first-order valence-corrected chi connectivity index (χ1v) is 7.12. The Hall–Kier alpha value is -1.94. The molecule has 0 aliphatic carbocycles. The Kier molecular flexibility index (Phi) is 3.65. The highest BCUT2D eigenvalue weighted by atomic mass is 15.3. The van der Waals surface area contributed by atoms with Crippen molar-refractivity contribution in [2.45, 2.75) is 19.9 Å². The Balaban J connectivity index is 1.82. The van der Waals surface area contributed by atoms with Gasteiger partial charge in [-0.2, -0.15) is 0 Å². The molecule has 4 heteroatoms. The lowest BCUT2D eigenvalue weighted by Crippen LogP contribution is -2.50. The zero-order chi connectivity index (χ0) is 13.9. The molecule has 1 unspecified atom stereocenters. The molecule has 0 amide bonds. The van der Waals surface area contributed by atoms with E-state index in [0.29, 0.717) is 6.04 Å². The van der Waals surface area contributed by atoms with Gasteiger partial charge in [0.1, 0.15) is 0 Å². The third kappa shape index (κ3) is 2.65. The quantitative estimate of drug-likeness (QED) is 0.907. The van der Waals surface area contributed by atoms with Crippen LogP contribution in [0.5, 0.6) is 0 Å². The molecule has 1 fully saturated rings. The molecular weight excluding hydrogens is 248 g/mol. The number of nitrogens with zero attached hydrogens (tertiary/aromatic N) is 3. The van der Waals surface area contributed by atoms with E-state index < -0.39 is 0 Å². The van der Waals surface area contributed by atoms with Crippen LogP contribution in [0.15, 0.2) is 36.4 Å². The van der Waals surface area contributed by atoms with E-state index in [1.54, 1.807) is 0 Å². The van der Waals surface area contributed by atoms with Gasteiger partial charge in [-0.1, -0.05) is 29.8 Å². The van der Waals surface area contributed by atoms with Gasteiger partial charge >= 0.3 is 0 Å². The summed E-state index contributed by atoms with van der Waals surface area (Å²) < 4.78 is 0. The fourth-order valence-corrected chi connectivity index (χ4v) is 2.54. The van der Waals surface area contributed by atoms with E-state index in [9.17, 15) is 0 Å². The third-order valence-electron chi connectivity index (χ3n) is 3.79. The molecule has 1 atom stereocenters. The van der Waals surface area contributed by atoms with E-state index in [2.05, 4.69) is 70.7 Å². The molecule has 4 nitrogen and oxygen atoms in total. The van der Waals surface area contributed by atoms with Crippen molar-refractivity contribution in [3.05, 3.63) is 42.0 Å². The number of anilines is 1. The van der Waals surface area contributed by atoms with Crippen LogP contribution in [-0.2, 0) is 0 Å². The van der Waals surface area contributed by atoms with Crippen LogP contribution in [0.2, 0.25) is 0 Å². The second kappa shape index (κ2) is 5.59. The minimum Gasteiger partial charge on any atom is -0.350 e. The van der Waals surface area contributed by atoms with Crippen LogP contribution in [-0.4, -0.2) is 35.9 Å². The van der Waals surface area contributed by atoms with Crippen LogP contribution in [0.1, 0.15) is 12.5 Å². The molecule has 2 aromatic rings. The van der Waals surface area contributed by atoms with Gasteiger partial charge in [-0.25, -0.2) is 0 Å². The smallest absolute Gasteiger partial charge is 0.151 e. The van der Waals surface area contributed by atoms with Crippen molar-refractivity contribution in [2.75, 3.05) is 24.5 Å². The van der Waals surface area contributed by atoms with E-state index in [-0.39, 0.29) is 0 Å². The Morgan fingerprint density at radius 3 is 2.55 bits per heavy atom. The number of aromatic nitrogens is 2. The monoisotopic (exact) mass is 268 g/mol. The molecule has 3 rings (SSSR count). The first-order chi connectivity index (χ1) is 9.74. The van der Waals surface area contributed by atoms with Crippen LogP contribution in [0.25, 0.3) is 11.3 Å². The van der Waals surface area contributed by atoms with Gasteiger partial charge in [0.05, 0.1) is 5.69 Å². The van der Waals surface area contributed by atoms with Crippen molar-refractivity contribution >= 4 is 5.82 Å². The summed E-state index contributed by atoms with van der Waals surface area (Å²) in [5.41, 5.74) is 3.30. The Bertz CT molecular complexity index is 562. The number of rotatable bonds is 2. The zero-order valence-corrected chi connectivity index (χ0v) is 12.0. The molecule has 104 valence electrons. The van der Waals surface area contributed by atoms with E-state index >= 15 is 0 Å². The van der Waals surface area contributed by atoms with Crippen molar-refractivity contribution in [2.24, 2.45) is 0 Å². The summed E-state index contributed by atoms with van der Waals surface area (Å²) in [5, 5.41) is 12.2. The molecule has 1 aromatic carbocycles. The van der Waals surface area contributed by atoms with Gasteiger partial charge in [0, 0.05) is 31.2 Å². The van der Waals surface area contributed by atoms with Crippen LogP contribution in [0.3, 0.4) is 0 Å². The Morgan fingerprint density at radius 1 is 1.10 bits per heavy atom. The first-order valence-electron chi connectivity index (χ1n) is 7.12. The highest BCUT2D eigenvalue weighted by Crippen LogP contribution is 2.20. The minimum atomic E-state index is 0.461. The summed E-state index contributed by atoms with van der Waals surface area (Å²) in [6, 6.07) is 13.0. The molecule has 1 aliphatic heterocycles. The van der Waals surface area contributed by atoms with Crippen molar-refractivity contribution < 1.29 is 0 Å². The number of nitrogens with one attached hydrogen (secondary N) is 1. The summed E-state index contributed by atoms with van der Waals surface area (Å²) in [6.45, 7) is 7.29. The second-order valence-electron chi connectivity index (χ2n) is 5.39. The molecule has 1 aliphatic rings. The summed E-state index contributed by atoms with van der Waals surface area (Å²) in [7, 11) is 0. The molecule has 0 spiro atoms. The molecule has 0 radical (unpaired) electrons. The molecule has 1 aromatic heterocycles. The van der Waals surface area contributed by atoms with Crippen LogP contribution < -0.4 is 10.2 Å². The normalized spacial score (nSPS) is 19.1. The topological polar surface area (TPSA) is 41.0 Å². The number of hydrogen-bond acceptors (Lipinski definition) is 4. The van der Waals surface area contributed by atoms with Gasteiger partial charge in [0.2, 0.25) is 0 Å². The number of hydrogen-bond donors (Lipinski definition) is 1. The van der Waals surface area contributed by atoms with E-state index in [1.165, 1.54) is 5.56 Å². The maximum absolute atomic E-state index is 4.40. The van der Waals surface area contributed by atoms with Crippen molar-refractivity contribution in [1.82, 2.24) is 15.5 Å². The average molecular weight is 268 g/mol. The maximum atomic E-state index is 4.40. The zero-order valence-electron chi connectivity index (χ0n) is 12.0. The second-order valence-corrected chi connectivity index (χ2v) is 5.39. The molecule has 20 heavy (non-hydrogen) atoms. The highest BCUT2D eigenvalue weighted by molar-refractivity contribution is 5.60. The van der Waals surface area contributed by atoms with E-state index in [4.69, 9.17) is 0 Å². The molecule has 0 saturated carbocycles. The highest BCUT2D eigenvalue weighted by Gasteiger charge is 2.19. The van der Waals surface area contributed by atoms with Crippen molar-refractivity contribution in [3.63, 3.8) is 0 Å². The van der Waals surface area contributed by atoms with Crippen molar-refractivity contribution in [3.8, 4) is 11.3 Å². The summed E-state index contributed by atoms with van der Waals surface area (Å²) in [5.74, 6) is 0.967. The number of piperazine rings is 1. The van der Waals surface area contributed by atoms with Gasteiger partial charge in [0.25, 0.3) is 0 Å². The third-order valence-corrected chi connectivity index (χ3v) is 3.79. The number of aryl methyl sites for hydroxylation is 1. The number of benzene rings is 1. The van der Waals surface area contributed by atoms with Gasteiger partial charge in [-0.3, -0.25) is 0 Å². The minimum absolute atomic E-state index is 0.461. The molecule has 0 bridgehead atoms. The lowest BCUT2D eigenvalue weighted by molar-refractivity contribution is 0.495. The Labute approximate surface area is 119 Å². The van der Waals surface area contributed by atoms with Crippen LogP contribution in [0, 0.1) is 6.92 Å². The van der Waals surface area contributed by atoms with Gasteiger partial charge in [-0.05, 0) is 26.0 Å². The lowest BCUT2D eigenvalue weighted by Gasteiger charge is -2.34. The van der Waals surface area contributed by atoms with Gasteiger partial charge in [-0.15, -0.1) is 10.2 Å².